The van der Waals surface area contributed by atoms with Gasteiger partial charge in [-0.3, -0.25) is 4.79 Å². The van der Waals surface area contributed by atoms with Crippen LogP contribution in [0, 0.1) is 0 Å². The minimum absolute atomic E-state index is 0.145. The van der Waals surface area contributed by atoms with Crippen molar-refractivity contribution in [3.8, 4) is 5.75 Å². The van der Waals surface area contributed by atoms with E-state index in [9.17, 15) is 4.79 Å². The lowest BCUT2D eigenvalue weighted by molar-refractivity contribution is -0.114. The van der Waals surface area contributed by atoms with Gasteiger partial charge in [-0.25, -0.2) is 4.98 Å². The summed E-state index contributed by atoms with van der Waals surface area (Å²) in [6.07, 6.45) is 2.54. The van der Waals surface area contributed by atoms with Gasteiger partial charge in [-0.1, -0.05) is 23.7 Å². The second-order valence-electron chi connectivity index (χ2n) is 5.57. The van der Waals surface area contributed by atoms with Crippen LogP contribution < -0.4 is 15.4 Å². The summed E-state index contributed by atoms with van der Waals surface area (Å²) in [4.78, 5) is 17.4. The average Bonchev–Trinajstić information content (AvgIpc) is 3.09. The fourth-order valence-electron chi connectivity index (χ4n) is 2.31. The largest absolute Gasteiger partial charge is 0.497 e. The lowest BCUT2D eigenvalue weighted by Crippen LogP contribution is -2.21. The minimum atomic E-state index is -0.145. The molecule has 0 aliphatic heterocycles. The SMILES string of the molecule is COc1ccc(NCC(=O)Nc2ncc(Cc3ccc(Cl)cc3)s2)cc1. The number of carbonyl (C=O) groups is 1. The molecule has 2 N–H and O–H groups in total. The van der Waals surface area contributed by atoms with Gasteiger partial charge in [-0.2, -0.15) is 0 Å². The molecule has 1 heterocycles. The molecule has 0 bridgehead atoms. The predicted molar refractivity (Wildman–Crippen MR) is 106 cm³/mol. The highest BCUT2D eigenvalue weighted by Gasteiger charge is 2.07. The molecule has 0 atom stereocenters. The third-order valence-corrected chi connectivity index (χ3v) is 4.80. The molecule has 3 rings (SSSR count). The Bertz CT molecular complexity index is 863. The summed E-state index contributed by atoms with van der Waals surface area (Å²) in [5.74, 6) is 0.629. The number of aromatic nitrogens is 1. The molecule has 1 aromatic heterocycles. The number of ether oxygens (including phenoxy) is 1. The maximum absolute atomic E-state index is 12.1. The van der Waals surface area contributed by atoms with Crippen molar-refractivity contribution in [2.24, 2.45) is 0 Å². The molecule has 7 heteroatoms. The van der Waals surface area contributed by atoms with E-state index in [1.54, 1.807) is 13.3 Å². The van der Waals surface area contributed by atoms with Crippen molar-refractivity contribution in [1.82, 2.24) is 4.98 Å². The lowest BCUT2D eigenvalue weighted by Gasteiger charge is -2.07. The molecule has 5 nitrogen and oxygen atoms in total. The Morgan fingerprint density at radius 1 is 1.15 bits per heavy atom. The molecule has 0 spiro atoms. The maximum atomic E-state index is 12.1. The van der Waals surface area contributed by atoms with E-state index < -0.39 is 0 Å². The van der Waals surface area contributed by atoms with E-state index in [1.165, 1.54) is 11.3 Å². The molecule has 0 radical (unpaired) electrons. The summed E-state index contributed by atoms with van der Waals surface area (Å²) in [6.45, 7) is 0.165. The molecule has 0 unspecified atom stereocenters. The summed E-state index contributed by atoms with van der Waals surface area (Å²) in [5, 5.41) is 7.19. The molecule has 3 aromatic rings. The number of hydrogen-bond donors (Lipinski definition) is 2. The summed E-state index contributed by atoms with van der Waals surface area (Å²) in [7, 11) is 1.62. The van der Waals surface area contributed by atoms with Crippen LogP contribution in [-0.2, 0) is 11.2 Å². The van der Waals surface area contributed by atoms with Crippen LogP contribution in [0.2, 0.25) is 5.02 Å². The zero-order valence-corrected chi connectivity index (χ0v) is 15.7. The van der Waals surface area contributed by atoms with Crippen LogP contribution in [0.15, 0.2) is 54.7 Å². The number of amides is 1. The van der Waals surface area contributed by atoms with Crippen molar-refractivity contribution in [2.45, 2.75) is 6.42 Å². The van der Waals surface area contributed by atoms with Crippen molar-refractivity contribution < 1.29 is 9.53 Å². The Morgan fingerprint density at radius 2 is 1.88 bits per heavy atom. The summed E-state index contributed by atoms with van der Waals surface area (Å²) >= 11 is 7.36. The average molecular weight is 388 g/mol. The molecule has 0 saturated heterocycles. The zero-order valence-electron chi connectivity index (χ0n) is 14.2. The van der Waals surface area contributed by atoms with Gasteiger partial charge in [-0.15, -0.1) is 11.3 Å². The van der Waals surface area contributed by atoms with E-state index in [1.807, 2.05) is 48.5 Å². The molecule has 0 aliphatic rings. The smallest absolute Gasteiger partial charge is 0.245 e. The van der Waals surface area contributed by atoms with E-state index in [2.05, 4.69) is 15.6 Å². The van der Waals surface area contributed by atoms with Gasteiger partial charge >= 0.3 is 0 Å². The van der Waals surface area contributed by atoms with Gasteiger partial charge in [0.1, 0.15) is 5.75 Å². The van der Waals surface area contributed by atoms with Crippen LogP contribution in [-0.4, -0.2) is 24.5 Å². The second-order valence-corrected chi connectivity index (χ2v) is 7.12. The molecule has 0 fully saturated rings. The molecular formula is C19H18ClN3O2S. The predicted octanol–water partition coefficient (Wildman–Crippen LogP) is 4.45. The number of benzene rings is 2. The quantitative estimate of drug-likeness (QED) is 0.628. The van der Waals surface area contributed by atoms with Gasteiger partial charge in [0, 0.05) is 28.2 Å². The van der Waals surface area contributed by atoms with Crippen LogP contribution in [0.1, 0.15) is 10.4 Å². The van der Waals surface area contributed by atoms with Gasteiger partial charge in [0.15, 0.2) is 5.13 Å². The first-order chi connectivity index (χ1) is 12.6. The van der Waals surface area contributed by atoms with E-state index in [-0.39, 0.29) is 12.5 Å². The first-order valence-corrected chi connectivity index (χ1v) is 9.19. The molecule has 1 amide bonds. The van der Waals surface area contributed by atoms with E-state index >= 15 is 0 Å². The van der Waals surface area contributed by atoms with Crippen LogP contribution in [0.4, 0.5) is 10.8 Å². The normalized spacial score (nSPS) is 10.4. The number of methoxy groups -OCH3 is 1. The first kappa shape index (κ1) is 18.2. The molecule has 2 aromatic carbocycles. The van der Waals surface area contributed by atoms with E-state index in [4.69, 9.17) is 16.3 Å². The number of carbonyl (C=O) groups excluding carboxylic acids is 1. The third-order valence-electron chi connectivity index (χ3n) is 3.63. The topological polar surface area (TPSA) is 63.2 Å². The number of rotatable bonds is 7. The lowest BCUT2D eigenvalue weighted by atomic mass is 10.1. The maximum Gasteiger partial charge on any atom is 0.245 e. The number of anilines is 2. The van der Waals surface area contributed by atoms with Crippen molar-refractivity contribution in [3.05, 3.63) is 70.2 Å². The fraction of sp³-hybridized carbons (Fsp3) is 0.158. The van der Waals surface area contributed by atoms with E-state index in [0.717, 1.165) is 33.3 Å². The number of hydrogen-bond acceptors (Lipinski definition) is 5. The highest BCUT2D eigenvalue weighted by molar-refractivity contribution is 7.15. The van der Waals surface area contributed by atoms with Crippen LogP contribution >= 0.6 is 22.9 Å². The Labute approximate surface area is 161 Å². The number of nitrogens with zero attached hydrogens (tertiary/aromatic N) is 1. The third kappa shape index (κ3) is 5.21. The number of nitrogens with one attached hydrogen (secondary N) is 2. The Hall–Kier alpha value is -2.57. The van der Waals surface area contributed by atoms with Gasteiger partial charge in [-0.05, 0) is 42.0 Å². The monoisotopic (exact) mass is 387 g/mol. The van der Waals surface area contributed by atoms with Crippen molar-refractivity contribution in [2.75, 3.05) is 24.3 Å². The van der Waals surface area contributed by atoms with Crippen molar-refractivity contribution >= 4 is 39.7 Å². The molecule has 0 aliphatic carbocycles. The second kappa shape index (κ2) is 8.69. The summed E-state index contributed by atoms with van der Waals surface area (Å²) < 4.78 is 5.10. The molecule has 134 valence electrons. The summed E-state index contributed by atoms with van der Waals surface area (Å²) in [6, 6.07) is 15.1. The van der Waals surface area contributed by atoms with Gasteiger partial charge in [0.05, 0.1) is 13.7 Å². The van der Waals surface area contributed by atoms with Gasteiger partial charge in [0.25, 0.3) is 0 Å². The Balaban J connectivity index is 1.49. The minimum Gasteiger partial charge on any atom is -0.497 e. The molecular weight excluding hydrogens is 370 g/mol. The van der Waals surface area contributed by atoms with Gasteiger partial charge in [0.2, 0.25) is 5.91 Å². The van der Waals surface area contributed by atoms with Crippen molar-refractivity contribution in [3.63, 3.8) is 0 Å². The van der Waals surface area contributed by atoms with E-state index in [0.29, 0.717) is 5.13 Å². The fourth-order valence-corrected chi connectivity index (χ4v) is 3.29. The number of thiazole rings is 1. The Morgan fingerprint density at radius 3 is 2.58 bits per heavy atom. The van der Waals surface area contributed by atoms with Gasteiger partial charge < -0.3 is 15.4 Å². The zero-order chi connectivity index (χ0) is 18.4. The van der Waals surface area contributed by atoms with Crippen molar-refractivity contribution in [1.29, 1.82) is 0 Å². The van der Waals surface area contributed by atoms with Crippen LogP contribution in [0.5, 0.6) is 5.75 Å². The highest BCUT2D eigenvalue weighted by atomic mass is 35.5. The molecule has 26 heavy (non-hydrogen) atoms. The highest BCUT2D eigenvalue weighted by Crippen LogP contribution is 2.22. The summed E-state index contributed by atoms with van der Waals surface area (Å²) in [5.41, 5.74) is 2.00. The standard InChI is InChI=1S/C19H18ClN3O2S/c1-25-16-8-6-15(7-9-16)21-12-18(24)23-19-22-11-17(26-19)10-13-2-4-14(20)5-3-13/h2-9,11,21H,10,12H2,1H3,(H,22,23,24). The Kier molecular flexibility index (Phi) is 6.09. The molecule has 0 saturated carbocycles. The van der Waals surface area contributed by atoms with Crippen LogP contribution in [0.25, 0.3) is 0 Å². The number of halogens is 1. The van der Waals surface area contributed by atoms with Crippen LogP contribution in [0.3, 0.4) is 0 Å². The first-order valence-electron chi connectivity index (χ1n) is 7.99.